The van der Waals surface area contributed by atoms with Gasteiger partial charge in [-0.05, 0) is 62.3 Å². The Hall–Kier alpha value is -2.04. The van der Waals surface area contributed by atoms with Crippen molar-refractivity contribution in [1.29, 1.82) is 0 Å². The first-order chi connectivity index (χ1) is 14.1. The normalized spacial score (nSPS) is 17.1. The van der Waals surface area contributed by atoms with Gasteiger partial charge in [-0.25, -0.2) is 0 Å². The Labute approximate surface area is 175 Å². The highest BCUT2D eigenvalue weighted by Crippen LogP contribution is 2.44. The van der Waals surface area contributed by atoms with E-state index in [9.17, 15) is 0 Å². The molecule has 4 nitrogen and oxygen atoms in total. The quantitative estimate of drug-likeness (QED) is 0.577. The fourth-order valence-corrected chi connectivity index (χ4v) is 4.47. The second-order valence-corrected chi connectivity index (χ2v) is 8.35. The third-order valence-electron chi connectivity index (χ3n) is 6.09. The van der Waals surface area contributed by atoms with Crippen LogP contribution in [0.3, 0.4) is 0 Å². The standard InChI is InChI=1S/C25H35NO3/c1-26(2)18-24(21-10-14-23(28-4)15-11-21)25(16-6-5-7-17-25)29-19-20-8-12-22(27-3)13-9-20/h8-15,24H,5-7,16-19H2,1-4H3. The largest absolute Gasteiger partial charge is 0.497 e. The molecular formula is C25H35NO3. The monoisotopic (exact) mass is 397 g/mol. The third kappa shape index (κ3) is 5.52. The first kappa shape index (κ1) is 21.7. The molecule has 1 fully saturated rings. The molecule has 1 unspecified atom stereocenters. The maximum atomic E-state index is 6.81. The van der Waals surface area contributed by atoms with E-state index in [4.69, 9.17) is 14.2 Å². The zero-order valence-corrected chi connectivity index (χ0v) is 18.3. The minimum Gasteiger partial charge on any atom is -0.497 e. The number of benzene rings is 2. The molecule has 29 heavy (non-hydrogen) atoms. The molecule has 1 aliphatic rings. The second kappa shape index (κ2) is 10.1. The molecular weight excluding hydrogens is 362 g/mol. The molecule has 4 heteroatoms. The van der Waals surface area contributed by atoms with Crippen molar-refractivity contribution >= 4 is 0 Å². The highest BCUT2D eigenvalue weighted by molar-refractivity contribution is 5.32. The Balaban J connectivity index is 1.86. The summed E-state index contributed by atoms with van der Waals surface area (Å²) in [5.74, 6) is 2.10. The first-order valence-electron chi connectivity index (χ1n) is 10.6. The van der Waals surface area contributed by atoms with Crippen LogP contribution in [-0.4, -0.2) is 45.4 Å². The lowest BCUT2D eigenvalue weighted by atomic mass is 9.72. The molecule has 0 amide bonds. The molecule has 158 valence electrons. The second-order valence-electron chi connectivity index (χ2n) is 8.35. The van der Waals surface area contributed by atoms with E-state index in [0.717, 1.165) is 30.9 Å². The SMILES string of the molecule is COc1ccc(COC2(C(CN(C)C)c3ccc(OC)cc3)CCCCC2)cc1. The molecule has 0 heterocycles. The summed E-state index contributed by atoms with van der Waals surface area (Å²) in [5, 5.41) is 0. The molecule has 3 rings (SSSR count). The van der Waals surface area contributed by atoms with Crippen molar-refractivity contribution in [3.05, 3.63) is 59.7 Å². The molecule has 0 aromatic heterocycles. The van der Waals surface area contributed by atoms with E-state index in [1.54, 1.807) is 14.2 Å². The van der Waals surface area contributed by atoms with E-state index < -0.39 is 0 Å². The molecule has 1 atom stereocenters. The zero-order chi connectivity index (χ0) is 20.7. The zero-order valence-electron chi connectivity index (χ0n) is 18.3. The van der Waals surface area contributed by atoms with E-state index in [0.29, 0.717) is 12.5 Å². The number of methoxy groups -OCH3 is 2. The summed E-state index contributed by atoms with van der Waals surface area (Å²) in [5.41, 5.74) is 2.38. The van der Waals surface area contributed by atoms with Crippen LogP contribution in [-0.2, 0) is 11.3 Å². The average molecular weight is 398 g/mol. The maximum Gasteiger partial charge on any atom is 0.118 e. The Kier molecular flexibility index (Phi) is 7.57. The molecule has 2 aromatic carbocycles. The van der Waals surface area contributed by atoms with Gasteiger partial charge in [-0.2, -0.15) is 0 Å². The van der Waals surface area contributed by atoms with Crippen molar-refractivity contribution in [3.63, 3.8) is 0 Å². The summed E-state index contributed by atoms with van der Waals surface area (Å²) in [6.07, 6.45) is 5.96. The van der Waals surface area contributed by atoms with Crippen molar-refractivity contribution in [1.82, 2.24) is 4.90 Å². The Morgan fingerprint density at radius 3 is 1.90 bits per heavy atom. The average Bonchev–Trinajstić information content (AvgIpc) is 2.77. The predicted octanol–water partition coefficient (Wildman–Crippen LogP) is 5.27. The Morgan fingerprint density at radius 1 is 0.828 bits per heavy atom. The van der Waals surface area contributed by atoms with Crippen molar-refractivity contribution in [2.75, 3.05) is 34.9 Å². The third-order valence-corrected chi connectivity index (χ3v) is 6.09. The van der Waals surface area contributed by atoms with E-state index in [2.05, 4.69) is 55.4 Å². The van der Waals surface area contributed by atoms with Crippen LogP contribution in [0.25, 0.3) is 0 Å². The van der Waals surface area contributed by atoms with Gasteiger partial charge in [0.15, 0.2) is 0 Å². The fourth-order valence-electron chi connectivity index (χ4n) is 4.47. The van der Waals surface area contributed by atoms with Gasteiger partial charge in [0.1, 0.15) is 11.5 Å². The van der Waals surface area contributed by atoms with Crippen LogP contribution in [0.2, 0.25) is 0 Å². The van der Waals surface area contributed by atoms with Crippen LogP contribution in [0, 0.1) is 0 Å². The highest BCUT2D eigenvalue weighted by Gasteiger charge is 2.42. The van der Waals surface area contributed by atoms with E-state index in [1.165, 1.54) is 30.4 Å². The number of likely N-dealkylation sites (N-methyl/N-ethyl adjacent to an activating group) is 1. The van der Waals surface area contributed by atoms with Gasteiger partial charge in [-0.3, -0.25) is 0 Å². The van der Waals surface area contributed by atoms with Gasteiger partial charge in [-0.15, -0.1) is 0 Å². The summed E-state index contributed by atoms with van der Waals surface area (Å²) in [7, 11) is 7.71. The van der Waals surface area contributed by atoms with E-state index in [-0.39, 0.29) is 5.60 Å². The van der Waals surface area contributed by atoms with Crippen molar-refractivity contribution < 1.29 is 14.2 Å². The molecule has 0 N–H and O–H groups in total. The minimum absolute atomic E-state index is 0.142. The topological polar surface area (TPSA) is 30.9 Å². The molecule has 1 saturated carbocycles. The van der Waals surface area contributed by atoms with Gasteiger partial charge >= 0.3 is 0 Å². The molecule has 2 aromatic rings. The number of nitrogens with zero attached hydrogens (tertiary/aromatic N) is 1. The highest BCUT2D eigenvalue weighted by atomic mass is 16.5. The maximum absolute atomic E-state index is 6.81. The van der Waals surface area contributed by atoms with Crippen LogP contribution in [0.4, 0.5) is 0 Å². The molecule has 1 aliphatic carbocycles. The Bertz CT molecular complexity index is 734. The van der Waals surface area contributed by atoms with Gasteiger partial charge in [0.2, 0.25) is 0 Å². The van der Waals surface area contributed by atoms with Crippen molar-refractivity contribution in [2.24, 2.45) is 0 Å². The molecule has 0 saturated heterocycles. The first-order valence-corrected chi connectivity index (χ1v) is 10.6. The van der Waals surface area contributed by atoms with Crippen LogP contribution < -0.4 is 9.47 Å². The summed E-state index contributed by atoms with van der Waals surface area (Å²) in [6, 6.07) is 16.8. The van der Waals surface area contributed by atoms with Crippen molar-refractivity contribution in [3.8, 4) is 11.5 Å². The molecule has 0 bridgehead atoms. The van der Waals surface area contributed by atoms with Gasteiger partial charge in [0.25, 0.3) is 0 Å². The summed E-state index contributed by atoms with van der Waals surface area (Å²) < 4.78 is 17.5. The van der Waals surface area contributed by atoms with Gasteiger partial charge in [-0.1, -0.05) is 43.5 Å². The van der Waals surface area contributed by atoms with Crippen LogP contribution in [0.5, 0.6) is 11.5 Å². The summed E-state index contributed by atoms with van der Waals surface area (Å²) >= 11 is 0. The summed E-state index contributed by atoms with van der Waals surface area (Å²) in [4.78, 5) is 2.28. The summed E-state index contributed by atoms with van der Waals surface area (Å²) in [6.45, 7) is 1.60. The Morgan fingerprint density at radius 2 is 1.38 bits per heavy atom. The fraction of sp³-hybridized carbons (Fsp3) is 0.520. The number of ether oxygens (including phenoxy) is 3. The molecule has 0 spiro atoms. The number of rotatable bonds is 9. The smallest absolute Gasteiger partial charge is 0.118 e. The van der Waals surface area contributed by atoms with E-state index >= 15 is 0 Å². The number of hydrogen-bond acceptors (Lipinski definition) is 4. The molecule has 0 radical (unpaired) electrons. The molecule has 0 aliphatic heterocycles. The van der Waals surface area contributed by atoms with Gasteiger partial charge in [0, 0.05) is 12.5 Å². The number of hydrogen-bond donors (Lipinski definition) is 0. The van der Waals surface area contributed by atoms with Crippen LogP contribution in [0.15, 0.2) is 48.5 Å². The minimum atomic E-state index is -0.142. The van der Waals surface area contributed by atoms with Crippen LogP contribution >= 0.6 is 0 Å². The van der Waals surface area contributed by atoms with E-state index in [1.807, 2.05) is 12.1 Å². The lowest BCUT2D eigenvalue weighted by Crippen LogP contribution is -2.45. The predicted molar refractivity (Wildman–Crippen MR) is 118 cm³/mol. The van der Waals surface area contributed by atoms with Gasteiger partial charge in [0.05, 0.1) is 26.4 Å². The van der Waals surface area contributed by atoms with Crippen molar-refractivity contribution in [2.45, 2.75) is 50.2 Å². The lowest BCUT2D eigenvalue weighted by molar-refractivity contribution is -0.102. The van der Waals surface area contributed by atoms with Crippen LogP contribution in [0.1, 0.15) is 49.1 Å². The lowest BCUT2D eigenvalue weighted by Gasteiger charge is -2.45. The van der Waals surface area contributed by atoms with Gasteiger partial charge < -0.3 is 19.1 Å².